The molecule has 1 aromatic carbocycles. The first-order chi connectivity index (χ1) is 11.3. The van der Waals surface area contributed by atoms with Crippen LogP contribution in [-0.2, 0) is 0 Å². The van der Waals surface area contributed by atoms with E-state index in [-0.39, 0.29) is 0 Å². The molecule has 1 fully saturated rings. The predicted octanol–water partition coefficient (Wildman–Crippen LogP) is 2.35. The number of rotatable bonds is 5. The lowest BCUT2D eigenvalue weighted by atomic mass is 10.0. The summed E-state index contributed by atoms with van der Waals surface area (Å²) in [6, 6.07) is 11.3. The van der Waals surface area contributed by atoms with E-state index in [0.29, 0.717) is 12.6 Å². The summed E-state index contributed by atoms with van der Waals surface area (Å²) in [5.74, 6) is 3.53. The van der Waals surface area contributed by atoms with Gasteiger partial charge in [-0.1, -0.05) is 43.2 Å². The van der Waals surface area contributed by atoms with Crippen molar-refractivity contribution in [2.75, 3.05) is 39.3 Å². The lowest BCUT2D eigenvalue weighted by Gasteiger charge is -2.40. The number of hydrogen-bond acceptors (Lipinski definition) is 2. The molecule has 1 unspecified atom stereocenters. The van der Waals surface area contributed by atoms with E-state index in [1.54, 1.807) is 0 Å². The third kappa shape index (κ3) is 4.74. The smallest absolute Gasteiger partial charge is 0.194 e. The van der Waals surface area contributed by atoms with Crippen LogP contribution in [0.4, 0.5) is 0 Å². The zero-order chi connectivity index (χ0) is 16.5. The largest absolute Gasteiger partial charge is 0.356 e. The van der Waals surface area contributed by atoms with Crippen molar-refractivity contribution in [3.8, 4) is 12.3 Å². The number of terminal acetylenes is 1. The molecule has 1 heterocycles. The fourth-order valence-corrected chi connectivity index (χ4v) is 3.17. The van der Waals surface area contributed by atoms with E-state index in [1.165, 1.54) is 5.56 Å². The molecule has 1 atom stereocenters. The Labute approximate surface area is 140 Å². The molecule has 0 spiro atoms. The van der Waals surface area contributed by atoms with Gasteiger partial charge in [-0.2, -0.15) is 0 Å². The minimum atomic E-state index is 0.435. The van der Waals surface area contributed by atoms with Crippen LogP contribution in [0.5, 0.6) is 0 Å². The average molecular weight is 312 g/mol. The van der Waals surface area contributed by atoms with Crippen LogP contribution in [0.3, 0.4) is 0 Å². The van der Waals surface area contributed by atoms with Crippen molar-refractivity contribution >= 4 is 5.96 Å². The Morgan fingerprint density at radius 3 is 2.48 bits per heavy atom. The summed E-state index contributed by atoms with van der Waals surface area (Å²) in [5, 5.41) is 3.34. The topological polar surface area (TPSA) is 30.9 Å². The van der Waals surface area contributed by atoms with Crippen LogP contribution in [0.15, 0.2) is 35.3 Å². The van der Waals surface area contributed by atoms with Gasteiger partial charge in [-0.15, -0.1) is 6.42 Å². The lowest BCUT2D eigenvalue weighted by molar-refractivity contribution is 0.127. The number of piperazine rings is 1. The van der Waals surface area contributed by atoms with Gasteiger partial charge in [0.1, 0.15) is 6.54 Å². The molecule has 4 nitrogen and oxygen atoms in total. The Morgan fingerprint density at radius 2 is 1.91 bits per heavy atom. The second kappa shape index (κ2) is 9.22. The second-order valence-electron chi connectivity index (χ2n) is 5.73. The van der Waals surface area contributed by atoms with Gasteiger partial charge in [0.15, 0.2) is 5.96 Å². The molecular formula is C19H28N4. The van der Waals surface area contributed by atoms with E-state index < -0.39 is 0 Å². The zero-order valence-corrected chi connectivity index (χ0v) is 14.3. The number of nitrogens with one attached hydrogen (secondary N) is 1. The SMILES string of the molecule is C#CCN=C(NCC)N1CCN(C(CC)c2ccccc2)CC1. The van der Waals surface area contributed by atoms with E-state index in [2.05, 4.69) is 70.2 Å². The van der Waals surface area contributed by atoms with E-state index in [4.69, 9.17) is 6.42 Å². The summed E-state index contributed by atoms with van der Waals surface area (Å²) in [7, 11) is 0. The number of benzene rings is 1. The summed E-state index contributed by atoms with van der Waals surface area (Å²) < 4.78 is 0. The summed E-state index contributed by atoms with van der Waals surface area (Å²) >= 11 is 0. The van der Waals surface area contributed by atoms with Crippen molar-refractivity contribution < 1.29 is 0 Å². The highest BCUT2D eigenvalue weighted by molar-refractivity contribution is 5.80. The van der Waals surface area contributed by atoms with Crippen LogP contribution in [0, 0.1) is 12.3 Å². The third-order valence-electron chi connectivity index (χ3n) is 4.28. The van der Waals surface area contributed by atoms with Gasteiger partial charge in [0.2, 0.25) is 0 Å². The Morgan fingerprint density at radius 1 is 1.22 bits per heavy atom. The van der Waals surface area contributed by atoms with Crippen molar-refractivity contribution in [2.24, 2.45) is 4.99 Å². The Kier molecular flexibility index (Phi) is 6.96. The van der Waals surface area contributed by atoms with Gasteiger partial charge >= 0.3 is 0 Å². The first-order valence-electron chi connectivity index (χ1n) is 8.55. The van der Waals surface area contributed by atoms with Crippen molar-refractivity contribution in [1.82, 2.24) is 15.1 Å². The fraction of sp³-hybridized carbons (Fsp3) is 0.526. The molecule has 2 rings (SSSR count). The molecule has 0 aromatic heterocycles. The van der Waals surface area contributed by atoms with Crippen LogP contribution in [0.1, 0.15) is 31.9 Å². The maximum absolute atomic E-state index is 5.34. The highest BCUT2D eigenvalue weighted by Gasteiger charge is 2.25. The number of aliphatic imine (C=N–C) groups is 1. The maximum Gasteiger partial charge on any atom is 0.194 e. The molecule has 0 aliphatic carbocycles. The molecule has 4 heteroatoms. The van der Waals surface area contributed by atoms with Crippen LogP contribution < -0.4 is 5.32 Å². The monoisotopic (exact) mass is 312 g/mol. The van der Waals surface area contributed by atoms with Crippen LogP contribution in [-0.4, -0.2) is 55.0 Å². The molecule has 1 saturated heterocycles. The van der Waals surface area contributed by atoms with E-state index in [1.807, 2.05) is 0 Å². The molecule has 0 bridgehead atoms. The quantitative estimate of drug-likeness (QED) is 0.514. The van der Waals surface area contributed by atoms with E-state index >= 15 is 0 Å². The van der Waals surface area contributed by atoms with Crippen LogP contribution >= 0.6 is 0 Å². The molecule has 1 aliphatic heterocycles. The summed E-state index contributed by atoms with van der Waals surface area (Å²) in [6.45, 7) is 9.73. The normalized spacial score (nSPS) is 17.6. The highest BCUT2D eigenvalue weighted by atomic mass is 15.3. The molecular weight excluding hydrogens is 284 g/mol. The van der Waals surface area contributed by atoms with Gasteiger partial charge < -0.3 is 10.2 Å². The van der Waals surface area contributed by atoms with Gasteiger partial charge in [-0.3, -0.25) is 4.90 Å². The maximum atomic E-state index is 5.34. The van der Waals surface area contributed by atoms with Gasteiger partial charge in [0.05, 0.1) is 0 Å². The molecule has 0 radical (unpaired) electrons. The molecule has 1 N–H and O–H groups in total. The Hall–Kier alpha value is -1.99. The van der Waals surface area contributed by atoms with Crippen LogP contribution in [0.25, 0.3) is 0 Å². The molecule has 0 saturated carbocycles. The van der Waals surface area contributed by atoms with Crippen molar-refractivity contribution in [1.29, 1.82) is 0 Å². The Bertz CT molecular complexity index is 524. The van der Waals surface area contributed by atoms with Gasteiger partial charge in [-0.05, 0) is 18.9 Å². The third-order valence-corrected chi connectivity index (χ3v) is 4.28. The number of guanidine groups is 1. The minimum Gasteiger partial charge on any atom is -0.356 e. The average Bonchev–Trinajstić information content (AvgIpc) is 2.61. The van der Waals surface area contributed by atoms with Crippen molar-refractivity contribution in [3.05, 3.63) is 35.9 Å². The number of hydrogen-bond donors (Lipinski definition) is 1. The molecule has 1 aromatic rings. The molecule has 124 valence electrons. The second-order valence-corrected chi connectivity index (χ2v) is 5.73. The summed E-state index contributed by atoms with van der Waals surface area (Å²) in [6.07, 6.45) is 6.47. The standard InChI is InChI=1S/C19H28N4/c1-4-12-21-19(20-6-3)23-15-13-22(14-16-23)18(5-2)17-10-8-7-9-11-17/h1,7-11,18H,5-6,12-16H2,2-3H3,(H,20,21). The zero-order valence-electron chi connectivity index (χ0n) is 14.3. The van der Waals surface area contributed by atoms with Gasteiger partial charge in [0, 0.05) is 38.8 Å². The molecule has 1 aliphatic rings. The molecule has 23 heavy (non-hydrogen) atoms. The highest BCUT2D eigenvalue weighted by Crippen LogP contribution is 2.25. The minimum absolute atomic E-state index is 0.435. The van der Waals surface area contributed by atoms with E-state index in [0.717, 1.165) is 45.1 Å². The predicted molar refractivity (Wildman–Crippen MR) is 97.4 cm³/mol. The van der Waals surface area contributed by atoms with Crippen molar-refractivity contribution in [3.63, 3.8) is 0 Å². The van der Waals surface area contributed by atoms with Crippen LogP contribution in [0.2, 0.25) is 0 Å². The fourth-order valence-electron chi connectivity index (χ4n) is 3.17. The van der Waals surface area contributed by atoms with Gasteiger partial charge in [0.25, 0.3) is 0 Å². The van der Waals surface area contributed by atoms with Crippen molar-refractivity contribution in [2.45, 2.75) is 26.3 Å². The molecule has 0 amide bonds. The first-order valence-corrected chi connectivity index (χ1v) is 8.55. The first kappa shape index (κ1) is 17.4. The van der Waals surface area contributed by atoms with Gasteiger partial charge in [-0.25, -0.2) is 4.99 Å². The summed E-state index contributed by atoms with van der Waals surface area (Å²) in [5.41, 5.74) is 1.41. The van der Waals surface area contributed by atoms with E-state index in [9.17, 15) is 0 Å². The Balaban J connectivity index is 1.98. The number of nitrogens with zero attached hydrogens (tertiary/aromatic N) is 3. The lowest BCUT2D eigenvalue weighted by Crippen LogP contribution is -2.53. The summed E-state index contributed by atoms with van der Waals surface area (Å²) in [4.78, 5) is 9.38.